The molecule has 1 heterocycles. The van der Waals surface area contributed by atoms with Gasteiger partial charge in [0.2, 0.25) is 10.0 Å². The third-order valence-corrected chi connectivity index (χ3v) is 6.27. The Bertz CT molecular complexity index is 943. The van der Waals surface area contributed by atoms with E-state index in [1.54, 1.807) is 49.6 Å². The highest BCUT2D eigenvalue weighted by atomic mass is 32.2. The summed E-state index contributed by atoms with van der Waals surface area (Å²) in [6.45, 7) is 0.430. The molecule has 0 spiro atoms. The van der Waals surface area contributed by atoms with Gasteiger partial charge in [-0.3, -0.25) is 9.10 Å². The lowest BCUT2D eigenvalue weighted by Gasteiger charge is -2.28. The fourth-order valence-electron chi connectivity index (χ4n) is 2.98. The van der Waals surface area contributed by atoms with Crippen molar-refractivity contribution in [2.45, 2.75) is 12.8 Å². The summed E-state index contributed by atoms with van der Waals surface area (Å²) < 4.78 is 36.4. The van der Waals surface area contributed by atoms with Crippen LogP contribution in [0.4, 0.5) is 11.4 Å². The fraction of sp³-hybridized carbons (Fsp3) is 0.316. The Labute approximate surface area is 158 Å². The van der Waals surface area contributed by atoms with E-state index in [0.29, 0.717) is 41.4 Å². The Morgan fingerprint density at radius 1 is 1.07 bits per heavy atom. The monoisotopic (exact) mass is 390 g/mol. The molecular weight excluding hydrogens is 368 g/mol. The number of nitrogens with one attached hydrogen (secondary N) is 1. The first-order chi connectivity index (χ1) is 12.9. The van der Waals surface area contributed by atoms with E-state index in [-0.39, 0.29) is 11.7 Å². The van der Waals surface area contributed by atoms with Crippen molar-refractivity contribution >= 4 is 27.3 Å². The number of hydrogen-bond acceptors (Lipinski definition) is 5. The molecule has 27 heavy (non-hydrogen) atoms. The van der Waals surface area contributed by atoms with Gasteiger partial charge in [0, 0.05) is 18.2 Å². The zero-order valence-corrected chi connectivity index (χ0v) is 16.1. The highest BCUT2D eigenvalue weighted by Gasteiger charge is 2.26. The summed E-state index contributed by atoms with van der Waals surface area (Å²) >= 11 is 0. The molecule has 0 unspecified atom stereocenters. The van der Waals surface area contributed by atoms with E-state index in [9.17, 15) is 13.2 Å². The number of anilines is 2. The van der Waals surface area contributed by atoms with Crippen LogP contribution in [0, 0.1) is 0 Å². The zero-order chi connectivity index (χ0) is 19.4. The minimum Gasteiger partial charge on any atom is -0.497 e. The number of nitrogens with zero attached hydrogens (tertiary/aromatic N) is 1. The van der Waals surface area contributed by atoms with Crippen molar-refractivity contribution < 1.29 is 22.7 Å². The third kappa shape index (κ3) is 4.16. The summed E-state index contributed by atoms with van der Waals surface area (Å²) in [6, 6.07) is 11.7. The van der Waals surface area contributed by atoms with Crippen LogP contribution in [0.2, 0.25) is 0 Å². The van der Waals surface area contributed by atoms with Crippen LogP contribution >= 0.6 is 0 Å². The lowest BCUT2D eigenvalue weighted by atomic mass is 10.1. The van der Waals surface area contributed by atoms with Crippen LogP contribution in [0.1, 0.15) is 23.2 Å². The predicted molar refractivity (Wildman–Crippen MR) is 104 cm³/mol. The predicted octanol–water partition coefficient (Wildman–Crippen LogP) is 2.89. The Morgan fingerprint density at radius 2 is 1.89 bits per heavy atom. The Kier molecular flexibility index (Phi) is 5.55. The molecule has 1 amide bonds. The SMILES string of the molecule is COc1ccc(NC(=O)c2cccc(N3CCCCS3(=O)=O)c2)c(OC)c1. The van der Waals surface area contributed by atoms with Crippen molar-refractivity contribution in [3.8, 4) is 11.5 Å². The molecule has 7 nitrogen and oxygen atoms in total. The highest BCUT2D eigenvalue weighted by Crippen LogP contribution is 2.30. The van der Waals surface area contributed by atoms with Crippen molar-refractivity contribution in [3.05, 3.63) is 48.0 Å². The Morgan fingerprint density at radius 3 is 2.59 bits per heavy atom. The second-order valence-electron chi connectivity index (χ2n) is 6.17. The molecule has 8 heteroatoms. The first-order valence-electron chi connectivity index (χ1n) is 8.58. The molecule has 0 radical (unpaired) electrons. The van der Waals surface area contributed by atoms with Gasteiger partial charge >= 0.3 is 0 Å². The molecule has 0 saturated carbocycles. The van der Waals surface area contributed by atoms with Crippen molar-refractivity contribution in [1.82, 2.24) is 0 Å². The molecule has 0 aromatic heterocycles. The van der Waals surface area contributed by atoms with Gasteiger partial charge in [-0.25, -0.2) is 8.42 Å². The normalized spacial score (nSPS) is 15.9. The Hall–Kier alpha value is -2.74. The molecule has 2 aromatic rings. The Balaban J connectivity index is 1.84. The smallest absolute Gasteiger partial charge is 0.255 e. The van der Waals surface area contributed by atoms with Gasteiger partial charge in [0.15, 0.2) is 0 Å². The lowest BCUT2D eigenvalue weighted by Crippen LogP contribution is -2.37. The van der Waals surface area contributed by atoms with Gasteiger partial charge in [-0.05, 0) is 43.2 Å². The van der Waals surface area contributed by atoms with Crippen LogP contribution in [0.5, 0.6) is 11.5 Å². The van der Waals surface area contributed by atoms with Crippen LogP contribution < -0.4 is 19.1 Å². The van der Waals surface area contributed by atoms with E-state index >= 15 is 0 Å². The molecule has 144 valence electrons. The third-order valence-electron chi connectivity index (χ3n) is 4.40. The van der Waals surface area contributed by atoms with E-state index in [1.807, 2.05) is 0 Å². The van der Waals surface area contributed by atoms with Gasteiger partial charge in [-0.2, -0.15) is 0 Å². The fourth-order valence-corrected chi connectivity index (χ4v) is 4.61. The van der Waals surface area contributed by atoms with Crippen molar-refractivity contribution in [2.24, 2.45) is 0 Å². The van der Waals surface area contributed by atoms with Crippen LogP contribution in [0.15, 0.2) is 42.5 Å². The van der Waals surface area contributed by atoms with E-state index in [1.165, 1.54) is 11.4 Å². The van der Waals surface area contributed by atoms with Gasteiger partial charge in [0.25, 0.3) is 5.91 Å². The quantitative estimate of drug-likeness (QED) is 0.849. The minimum atomic E-state index is -3.33. The first-order valence-corrected chi connectivity index (χ1v) is 10.2. The van der Waals surface area contributed by atoms with E-state index < -0.39 is 10.0 Å². The van der Waals surface area contributed by atoms with E-state index in [4.69, 9.17) is 9.47 Å². The summed E-state index contributed by atoms with van der Waals surface area (Å²) in [5.41, 5.74) is 1.37. The molecule has 1 fully saturated rings. The van der Waals surface area contributed by atoms with E-state index in [2.05, 4.69) is 5.32 Å². The number of ether oxygens (including phenoxy) is 2. The van der Waals surface area contributed by atoms with Crippen LogP contribution in [0.3, 0.4) is 0 Å². The molecule has 1 aliphatic rings. The van der Waals surface area contributed by atoms with Gasteiger partial charge in [-0.15, -0.1) is 0 Å². The second-order valence-corrected chi connectivity index (χ2v) is 8.18. The summed E-state index contributed by atoms with van der Waals surface area (Å²) in [5.74, 6) is 0.862. The van der Waals surface area contributed by atoms with Crippen molar-refractivity contribution in [3.63, 3.8) is 0 Å². The number of amides is 1. The van der Waals surface area contributed by atoms with Gasteiger partial charge in [0.05, 0.1) is 31.3 Å². The maximum absolute atomic E-state index is 12.7. The number of carbonyl (C=O) groups excluding carboxylic acids is 1. The minimum absolute atomic E-state index is 0.131. The molecule has 0 bridgehead atoms. The largest absolute Gasteiger partial charge is 0.497 e. The maximum atomic E-state index is 12.7. The number of rotatable bonds is 5. The molecule has 1 aliphatic heterocycles. The molecule has 2 aromatic carbocycles. The van der Waals surface area contributed by atoms with Gasteiger partial charge in [0.1, 0.15) is 11.5 Å². The summed E-state index contributed by atoms with van der Waals surface area (Å²) in [4.78, 5) is 12.7. The standard InChI is InChI=1S/C19H22N2O5S/c1-25-16-8-9-17(18(13-16)26-2)20-19(22)14-6-5-7-15(12-14)21-10-3-4-11-27(21,23)24/h5-9,12-13H,3-4,10-11H2,1-2H3,(H,20,22). The average Bonchev–Trinajstić information content (AvgIpc) is 2.68. The van der Waals surface area contributed by atoms with Gasteiger partial charge < -0.3 is 14.8 Å². The van der Waals surface area contributed by atoms with Crippen molar-refractivity contribution in [1.29, 1.82) is 0 Å². The van der Waals surface area contributed by atoms with Crippen LogP contribution in [-0.2, 0) is 10.0 Å². The molecule has 0 aliphatic carbocycles. The van der Waals surface area contributed by atoms with E-state index in [0.717, 1.165) is 6.42 Å². The average molecular weight is 390 g/mol. The molecule has 1 N–H and O–H groups in total. The molecule has 3 rings (SSSR count). The van der Waals surface area contributed by atoms with Crippen molar-refractivity contribution in [2.75, 3.05) is 36.1 Å². The first kappa shape index (κ1) is 19.0. The summed E-state index contributed by atoms with van der Waals surface area (Å²) in [7, 11) is -0.274. The van der Waals surface area contributed by atoms with Gasteiger partial charge in [-0.1, -0.05) is 6.07 Å². The maximum Gasteiger partial charge on any atom is 0.255 e. The number of hydrogen-bond donors (Lipinski definition) is 1. The lowest BCUT2D eigenvalue weighted by molar-refractivity contribution is 0.102. The van der Waals surface area contributed by atoms with Crippen LogP contribution in [0.25, 0.3) is 0 Å². The zero-order valence-electron chi connectivity index (χ0n) is 15.3. The molecule has 1 saturated heterocycles. The number of methoxy groups -OCH3 is 2. The number of sulfonamides is 1. The molecule has 0 atom stereocenters. The van der Waals surface area contributed by atoms with Crippen LogP contribution in [-0.4, -0.2) is 40.8 Å². The number of carbonyl (C=O) groups is 1. The molecular formula is C19H22N2O5S. The number of benzene rings is 2. The summed E-state index contributed by atoms with van der Waals surface area (Å²) in [5, 5.41) is 2.79. The topological polar surface area (TPSA) is 84.9 Å². The second kappa shape index (κ2) is 7.87. The summed E-state index contributed by atoms with van der Waals surface area (Å²) in [6.07, 6.45) is 1.47. The highest BCUT2D eigenvalue weighted by molar-refractivity contribution is 7.92.